The summed E-state index contributed by atoms with van der Waals surface area (Å²) in [5, 5.41) is 0. The molecular weight excluding hydrogens is 685 g/mol. The van der Waals surface area contributed by atoms with Crippen molar-refractivity contribution in [2.24, 2.45) is 17.8 Å². The van der Waals surface area contributed by atoms with Gasteiger partial charge in [0.25, 0.3) is 0 Å². The van der Waals surface area contributed by atoms with Gasteiger partial charge in [-0.3, -0.25) is 14.4 Å². The first-order valence-corrected chi connectivity index (χ1v) is 24.1. The fourth-order valence-corrected chi connectivity index (χ4v) is 7.23. The number of hydrogen-bond acceptors (Lipinski definition) is 6. The van der Waals surface area contributed by atoms with E-state index in [0.29, 0.717) is 19.3 Å². The van der Waals surface area contributed by atoms with E-state index in [2.05, 4.69) is 41.5 Å². The van der Waals surface area contributed by atoms with Crippen molar-refractivity contribution >= 4 is 17.9 Å². The standard InChI is InChI=1S/C49H94O6/c1-43(2)35-29-23-17-13-9-7-8-10-15-19-26-32-38-47(50)53-41-46(42-54-48(51)39-33-27-22-21-25-31-37-45(5)6)55-49(52)40-34-28-20-16-12-11-14-18-24-30-36-44(3)4/h43-46H,7-42H2,1-6H3/t46-/m0/s1. The Labute approximate surface area is 342 Å². The van der Waals surface area contributed by atoms with Gasteiger partial charge in [0.15, 0.2) is 6.10 Å². The zero-order valence-corrected chi connectivity index (χ0v) is 37.7. The summed E-state index contributed by atoms with van der Waals surface area (Å²) < 4.78 is 16.7. The summed E-state index contributed by atoms with van der Waals surface area (Å²) in [4.78, 5) is 37.8. The Balaban J connectivity index is 4.30. The molecule has 0 fully saturated rings. The smallest absolute Gasteiger partial charge is 0.306 e. The second-order valence-electron chi connectivity index (χ2n) is 18.2. The highest BCUT2D eigenvalue weighted by atomic mass is 16.6. The van der Waals surface area contributed by atoms with E-state index in [0.717, 1.165) is 75.5 Å². The minimum Gasteiger partial charge on any atom is -0.462 e. The van der Waals surface area contributed by atoms with Gasteiger partial charge in [-0.05, 0) is 37.0 Å². The summed E-state index contributed by atoms with van der Waals surface area (Å²) in [6, 6.07) is 0. The fourth-order valence-electron chi connectivity index (χ4n) is 7.23. The molecule has 0 N–H and O–H groups in total. The molecule has 0 aromatic carbocycles. The molecule has 6 nitrogen and oxygen atoms in total. The lowest BCUT2D eigenvalue weighted by Gasteiger charge is -2.18. The van der Waals surface area contributed by atoms with Gasteiger partial charge in [0.2, 0.25) is 0 Å². The van der Waals surface area contributed by atoms with Crippen molar-refractivity contribution in [1.29, 1.82) is 0 Å². The van der Waals surface area contributed by atoms with E-state index < -0.39 is 6.10 Å². The second kappa shape index (κ2) is 40.6. The molecule has 6 heteroatoms. The number of rotatable bonds is 42. The predicted octanol–water partition coefficient (Wildman–Crippen LogP) is 15.2. The molecule has 0 aliphatic rings. The maximum absolute atomic E-state index is 12.7. The zero-order valence-electron chi connectivity index (χ0n) is 37.7. The number of hydrogen-bond donors (Lipinski definition) is 0. The lowest BCUT2D eigenvalue weighted by molar-refractivity contribution is -0.167. The van der Waals surface area contributed by atoms with Crippen LogP contribution >= 0.6 is 0 Å². The highest BCUT2D eigenvalue weighted by Gasteiger charge is 2.19. The first kappa shape index (κ1) is 53.4. The van der Waals surface area contributed by atoms with Crippen LogP contribution in [-0.4, -0.2) is 37.2 Å². The largest absolute Gasteiger partial charge is 0.462 e. The van der Waals surface area contributed by atoms with E-state index in [1.165, 1.54) is 141 Å². The van der Waals surface area contributed by atoms with Crippen LogP contribution in [0.2, 0.25) is 0 Å². The Bertz CT molecular complexity index is 852. The SMILES string of the molecule is CC(C)CCCCCCCCCCCCCCC(=O)OC[C@@H](COC(=O)CCCCCCCCC(C)C)OC(=O)CCCCCCCCCCCCC(C)C. The van der Waals surface area contributed by atoms with Crippen LogP contribution in [0.25, 0.3) is 0 Å². The lowest BCUT2D eigenvalue weighted by atomic mass is 10.0. The maximum Gasteiger partial charge on any atom is 0.306 e. The summed E-state index contributed by atoms with van der Waals surface area (Å²) in [6.07, 6.45) is 38.2. The van der Waals surface area contributed by atoms with Crippen molar-refractivity contribution in [3.05, 3.63) is 0 Å². The van der Waals surface area contributed by atoms with Crippen molar-refractivity contribution in [3.8, 4) is 0 Å². The Morgan fingerprint density at radius 3 is 0.782 bits per heavy atom. The molecule has 0 saturated heterocycles. The van der Waals surface area contributed by atoms with Crippen LogP contribution in [0.3, 0.4) is 0 Å². The van der Waals surface area contributed by atoms with Crippen molar-refractivity contribution < 1.29 is 28.6 Å². The van der Waals surface area contributed by atoms with Crippen molar-refractivity contribution in [2.75, 3.05) is 13.2 Å². The summed E-state index contributed by atoms with van der Waals surface area (Å²) in [5.74, 6) is 1.55. The van der Waals surface area contributed by atoms with Gasteiger partial charge in [-0.15, -0.1) is 0 Å². The van der Waals surface area contributed by atoms with Gasteiger partial charge in [-0.1, -0.05) is 221 Å². The first-order valence-electron chi connectivity index (χ1n) is 24.1. The molecule has 0 rings (SSSR count). The number of esters is 3. The van der Waals surface area contributed by atoms with Crippen LogP contribution in [0.4, 0.5) is 0 Å². The van der Waals surface area contributed by atoms with Crippen LogP contribution in [-0.2, 0) is 28.6 Å². The third kappa shape index (κ3) is 43.4. The molecule has 326 valence electrons. The molecule has 0 aromatic heterocycles. The highest BCUT2D eigenvalue weighted by molar-refractivity contribution is 5.71. The summed E-state index contributed by atoms with van der Waals surface area (Å²) in [6.45, 7) is 13.6. The molecule has 0 amide bonds. The van der Waals surface area contributed by atoms with Crippen molar-refractivity contribution in [2.45, 2.75) is 266 Å². The average Bonchev–Trinajstić information content (AvgIpc) is 3.13. The van der Waals surface area contributed by atoms with Gasteiger partial charge in [0.1, 0.15) is 13.2 Å². The summed E-state index contributed by atoms with van der Waals surface area (Å²) in [5.41, 5.74) is 0. The van der Waals surface area contributed by atoms with Gasteiger partial charge in [-0.2, -0.15) is 0 Å². The third-order valence-corrected chi connectivity index (χ3v) is 10.9. The van der Waals surface area contributed by atoms with Gasteiger partial charge < -0.3 is 14.2 Å². The summed E-state index contributed by atoms with van der Waals surface area (Å²) >= 11 is 0. The molecule has 0 saturated carbocycles. The molecule has 0 aliphatic carbocycles. The van der Waals surface area contributed by atoms with Gasteiger partial charge in [-0.25, -0.2) is 0 Å². The monoisotopic (exact) mass is 779 g/mol. The van der Waals surface area contributed by atoms with Crippen molar-refractivity contribution in [1.82, 2.24) is 0 Å². The number of unbranched alkanes of at least 4 members (excludes halogenated alkanes) is 25. The van der Waals surface area contributed by atoms with Crippen LogP contribution in [0.1, 0.15) is 260 Å². The molecule has 0 heterocycles. The maximum atomic E-state index is 12.7. The molecule has 0 spiro atoms. The highest BCUT2D eigenvalue weighted by Crippen LogP contribution is 2.17. The van der Waals surface area contributed by atoms with Gasteiger partial charge in [0.05, 0.1) is 0 Å². The van der Waals surface area contributed by atoms with E-state index in [1.807, 2.05) is 0 Å². The molecule has 0 radical (unpaired) electrons. The molecule has 1 atom stereocenters. The van der Waals surface area contributed by atoms with Crippen molar-refractivity contribution in [3.63, 3.8) is 0 Å². The van der Waals surface area contributed by atoms with Gasteiger partial charge >= 0.3 is 17.9 Å². The Morgan fingerprint density at radius 2 is 0.527 bits per heavy atom. The lowest BCUT2D eigenvalue weighted by Crippen LogP contribution is -2.30. The van der Waals surface area contributed by atoms with E-state index in [4.69, 9.17) is 14.2 Å². The fraction of sp³-hybridized carbons (Fsp3) is 0.939. The normalized spacial score (nSPS) is 12.2. The van der Waals surface area contributed by atoms with Crippen LogP contribution < -0.4 is 0 Å². The van der Waals surface area contributed by atoms with E-state index in [1.54, 1.807) is 0 Å². The average molecular weight is 779 g/mol. The molecular formula is C49H94O6. The topological polar surface area (TPSA) is 78.9 Å². The van der Waals surface area contributed by atoms with E-state index in [-0.39, 0.29) is 31.1 Å². The molecule has 0 aliphatic heterocycles. The number of ether oxygens (including phenoxy) is 3. The van der Waals surface area contributed by atoms with E-state index in [9.17, 15) is 14.4 Å². The quantitative estimate of drug-likeness (QED) is 0.0349. The third-order valence-electron chi connectivity index (χ3n) is 10.9. The molecule has 0 unspecified atom stereocenters. The Hall–Kier alpha value is -1.59. The summed E-state index contributed by atoms with van der Waals surface area (Å²) in [7, 11) is 0. The Kier molecular flexibility index (Phi) is 39.4. The minimum absolute atomic E-state index is 0.0660. The predicted molar refractivity (Wildman–Crippen MR) is 233 cm³/mol. The molecule has 0 aromatic rings. The zero-order chi connectivity index (χ0) is 40.6. The van der Waals surface area contributed by atoms with Gasteiger partial charge in [0, 0.05) is 19.3 Å². The first-order chi connectivity index (χ1) is 26.6. The van der Waals surface area contributed by atoms with Crippen LogP contribution in [0.5, 0.6) is 0 Å². The Morgan fingerprint density at radius 1 is 0.309 bits per heavy atom. The van der Waals surface area contributed by atoms with Crippen LogP contribution in [0, 0.1) is 17.8 Å². The minimum atomic E-state index is -0.762. The number of carbonyl (C=O) groups is 3. The molecule has 55 heavy (non-hydrogen) atoms. The molecule has 0 bridgehead atoms. The van der Waals surface area contributed by atoms with Crippen LogP contribution in [0.15, 0.2) is 0 Å². The van der Waals surface area contributed by atoms with E-state index >= 15 is 0 Å². The number of carbonyl (C=O) groups excluding carboxylic acids is 3. The second-order valence-corrected chi connectivity index (χ2v) is 18.2.